The van der Waals surface area contributed by atoms with Gasteiger partial charge in [0.2, 0.25) is 5.78 Å². The zero-order valence-corrected chi connectivity index (χ0v) is 16.5. The van der Waals surface area contributed by atoms with Crippen molar-refractivity contribution < 1.29 is 23.9 Å². The molecule has 27 heavy (non-hydrogen) atoms. The Labute approximate surface area is 158 Å². The minimum atomic E-state index is -0.997. The summed E-state index contributed by atoms with van der Waals surface area (Å²) in [6.45, 7) is 8.37. The van der Waals surface area contributed by atoms with E-state index >= 15 is 0 Å². The number of ether oxygens (including phenoxy) is 2. The summed E-state index contributed by atoms with van der Waals surface area (Å²) in [6.07, 6.45) is -0.997. The molecule has 0 saturated heterocycles. The van der Waals surface area contributed by atoms with Crippen molar-refractivity contribution >= 4 is 17.7 Å². The van der Waals surface area contributed by atoms with Gasteiger partial charge < -0.3 is 14.5 Å². The maximum Gasteiger partial charge on any atom is 0.339 e. The van der Waals surface area contributed by atoms with E-state index in [9.17, 15) is 14.4 Å². The van der Waals surface area contributed by atoms with Gasteiger partial charge in [-0.2, -0.15) is 0 Å². The molecule has 0 radical (unpaired) electrons. The molecule has 0 aliphatic heterocycles. The highest BCUT2D eigenvalue weighted by Crippen LogP contribution is 2.26. The summed E-state index contributed by atoms with van der Waals surface area (Å²) in [5.74, 6) is -1.42. The van der Waals surface area contributed by atoms with Gasteiger partial charge in [0.25, 0.3) is 0 Å². The normalized spacial score (nSPS) is 12.4. The fourth-order valence-electron chi connectivity index (χ4n) is 2.94. The first-order chi connectivity index (χ1) is 12.6. The number of rotatable bonds is 6. The highest BCUT2D eigenvalue weighted by Gasteiger charge is 2.35. The number of H-pyrrole nitrogens is 1. The molecule has 2 aromatic rings. The predicted octanol–water partition coefficient (Wildman–Crippen LogP) is 3.51. The van der Waals surface area contributed by atoms with Crippen LogP contribution in [0.5, 0.6) is 0 Å². The molecule has 0 spiro atoms. The van der Waals surface area contributed by atoms with Gasteiger partial charge in [-0.1, -0.05) is 30.3 Å². The fourth-order valence-corrected chi connectivity index (χ4v) is 2.94. The van der Waals surface area contributed by atoms with Gasteiger partial charge in [-0.15, -0.1) is 0 Å². The predicted molar refractivity (Wildman–Crippen MR) is 101 cm³/mol. The lowest BCUT2D eigenvalue weighted by Crippen LogP contribution is -2.36. The molecular formula is C21H25NO5. The molecule has 0 aliphatic carbocycles. The molecule has 2 rings (SSSR count). The van der Waals surface area contributed by atoms with E-state index < -0.39 is 29.2 Å². The molecule has 0 fully saturated rings. The number of hydrogen-bond acceptors (Lipinski definition) is 5. The highest BCUT2D eigenvalue weighted by atomic mass is 16.5. The van der Waals surface area contributed by atoms with Gasteiger partial charge in [-0.3, -0.25) is 9.59 Å². The number of methoxy groups -OCH3 is 1. The van der Waals surface area contributed by atoms with Crippen LogP contribution in [0.25, 0.3) is 0 Å². The number of benzene rings is 1. The van der Waals surface area contributed by atoms with E-state index in [2.05, 4.69) is 4.98 Å². The standard InChI is InChI=1S/C21H25NO5/c1-12-16(19(24)26-6)13(2)22-17(12)18(23)14(3)27-20(25)21(4,5)15-10-8-7-9-11-15/h7-11,14,22H,1-6H3/t14-/m1/s1. The summed E-state index contributed by atoms with van der Waals surface area (Å²) in [5, 5.41) is 0. The molecule has 0 bridgehead atoms. The summed E-state index contributed by atoms with van der Waals surface area (Å²) in [4.78, 5) is 40.2. The van der Waals surface area contributed by atoms with Crippen LogP contribution in [0.15, 0.2) is 30.3 Å². The first kappa shape index (κ1) is 20.4. The summed E-state index contributed by atoms with van der Waals surface area (Å²) in [7, 11) is 1.28. The number of aromatic nitrogens is 1. The van der Waals surface area contributed by atoms with E-state index in [1.165, 1.54) is 14.0 Å². The lowest BCUT2D eigenvalue weighted by atomic mass is 9.85. The quantitative estimate of drug-likeness (QED) is 0.620. The van der Waals surface area contributed by atoms with E-state index in [0.717, 1.165) is 5.56 Å². The van der Waals surface area contributed by atoms with Gasteiger partial charge in [-0.05, 0) is 45.7 Å². The van der Waals surface area contributed by atoms with E-state index in [-0.39, 0.29) is 5.69 Å². The Bertz CT molecular complexity index is 864. The fraction of sp³-hybridized carbons (Fsp3) is 0.381. The number of hydrogen-bond donors (Lipinski definition) is 1. The van der Waals surface area contributed by atoms with Crippen LogP contribution in [0.1, 0.15) is 58.4 Å². The average Bonchev–Trinajstić information content (AvgIpc) is 2.95. The van der Waals surface area contributed by atoms with Crippen molar-refractivity contribution in [3.8, 4) is 0 Å². The van der Waals surface area contributed by atoms with Crippen molar-refractivity contribution in [2.24, 2.45) is 0 Å². The maximum atomic E-state index is 12.8. The Morgan fingerprint density at radius 3 is 2.22 bits per heavy atom. The topological polar surface area (TPSA) is 85.5 Å². The van der Waals surface area contributed by atoms with E-state index in [0.29, 0.717) is 16.8 Å². The lowest BCUT2D eigenvalue weighted by molar-refractivity contribution is -0.152. The number of carbonyl (C=O) groups excluding carboxylic acids is 3. The maximum absolute atomic E-state index is 12.8. The van der Waals surface area contributed by atoms with E-state index in [1.54, 1.807) is 27.7 Å². The molecule has 0 saturated carbocycles. The Kier molecular flexibility index (Phi) is 5.88. The first-order valence-electron chi connectivity index (χ1n) is 8.69. The summed E-state index contributed by atoms with van der Waals surface area (Å²) in [6, 6.07) is 9.24. The molecular weight excluding hydrogens is 346 g/mol. The van der Waals surface area contributed by atoms with Crippen molar-refractivity contribution in [3.05, 3.63) is 58.4 Å². The second-order valence-corrected chi connectivity index (χ2v) is 7.02. The third-order valence-electron chi connectivity index (χ3n) is 4.73. The molecule has 0 amide bonds. The zero-order chi connectivity index (χ0) is 20.4. The SMILES string of the molecule is COC(=O)c1c(C)[nH]c(C(=O)[C@@H](C)OC(=O)C(C)(C)c2ccccc2)c1C. The summed E-state index contributed by atoms with van der Waals surface area (Å²) >= 11 is 0. The van der Waals surface area contributed by atoms with Gasteiger partial charge in [-0.25, -0.2) is 4.79 Å². The smallest absolute Gasteiger partial charge is 0.339 e. The molecule has 1 heterocycles. The molecule has 6 nitrogen and oxygen atoms in total. The zero-order valence-electron chi connectivity index (χ0n) is 16.5. The molecule has 1 aromatic heterocycles. The second-order valence-electron chi connectivity index (χ2n) is 7.02. The minimum absolute atomic E-state index is 0.241. The Hall–Kier alpha value is -2.89. The van der Waals surface area contributed by atoms with Crippen LogP contribution in [0, 0.1) is 13.8 Å². The molecule has 144 valence electrons. The molecule has 6 heteroatoms. The summed E-state index contributed by atoms with van der Waals surface area (Å²) < 4.78 is 10.2. The van der Waals surface area contributed by atoms with Crippen LogP contribution in [0.3, 0.4) is 0 Å². The largest absolute Gasteiger partial charge is 0.465 e. The Balaban J connectivity index is 2.21. The van der Waals surface area contributed by atoms with Crippen molar-refractivity contribution in [2.75, 3.05) is 7.11 Å². The van der Waals surface area contributed by atoms with Crippen LogP contribution < -0.4 is 0 Å². The third kappa shape index (κ3) is 3.94. The Morgan fingerprint density at radius 2 is 1.67 bits per heavy atom. The van der Waals surface area contributed by atoms with Crippen LogP contribution in [-0.2, 0) is 19.7 Å². The molecule has 1 N–H and O–H groups in total. The third-order valence-corrected chi connectivity index (χ3v) is 4.73. The van der Waals surface area contributed by atoms with Gasteiger partial charge in [0.05, 0.1) is 23.8 Å². The van der Waals surface area contributed by atoms with Crippen molar-refractivity contribution in [2.45, 2.75) is 46.1 Å². The number of nitrogens with one attached hydrogen (secondary N) is 1. The van der Waals surface area contributed by atoms with E-state index in [1.807, 2.05) is 30.3 Å². The minimum Gasteiger partial charge on any atom is -0.465 e. The molecule has 1 atom stereocenters. The lowest BCUT2D eigenvalue weighted by Gasteiger charge is -2.25. The van der Waals surface area contributed by atoms with E-state index in [4.69, 9.17) is 9.47 Å². The summed E-state index contributed by atoms with van der Waals surface area (Å²) in [5.41, 5.74) is 1.48. The van der Waals surface area contributed by atoms with Gasteiger partial charge in [0.1, 0.15) is 0 Å². The van der Waals surface area contributed by atoms with Crippen LogP contribution in [0.4, 0.5) is 0 Å². The first-order valence-corrected chi connectivity index (χ1v) is 8.69. The van der Waals surface area contributed by atoms with Gasteiger partial charge in [0.15, 0.2) is 6.10 Å². The number of esters is 2. The highest BCUT2D eigenvalue weighted by molar-refractivity contribution is 6.04. The average molecular weight is 371 g/mol. The number of aromatic amines is 1. The van der Waals surface area contributed by atoms with Crippen LogP contribution in [0.2, 0.25) is 0 Å². The number of carbonyl (C=O) groups is 3. The molecule has 0 unspecified atom stereocenters. The van der Waals surface area contributed by atoms with Crippen molar-refractivity contribution in [1.82, 2.24) is 4.98 Å². The number of Topliss-reactive ketones (excluding diaryl/α,β-unsaturated/α-hetero) is 1. The molecule has 1 aromatic carbocycles. The molecule has 0 aliphatic rings. The number of ketones is 1. The van der Waals surface area contributed by atoms with Gasteiger partial charge >= 0.3 is 11.9 Å². The van der Waals surface area contributed by atoms with Crippen molar-refractivity contribution in [3.63, 3.8) is 0 Å². The monoisotopic (exact) mass is 371 g/mol. The Morgan fingerprint density at radius 1 is 1.07 bits per heavy atom. The van der Waals surface area contributed by atoms with Crippen LogP contribution in [-0.4, -0.2) is 35.9 Å². The van der Waals surface area contributed by atoms with Crippen molar-refractivity contribution in [1.29, 1.82) is 0 Å². The second kappa shape index (κ2) is 7.78. The van der Waals surface area contributed by atoms with Crippen LogP contribution >= 0.6 is 0 Å². The van der Waals surface area contributed by atoms with Gasteiger partial charge in [0, 0.05) is 5.69 Å². The number of aryl methyl sites for hydroxylation is 1.